The number of ether oxygens (including phenoxy) is 1. The van der Waals surface area contributed by atoms with Crippen molar-refractivity contribution in [3.63, 3.8) is 0 Å². The van der Waals surface area contributed by atoms with Gasteiger partial charge in [0.1, 0.15) is 0 Å². The van der Waals surface area contributed by atoms with Crippen LogP contribution in [0.4, 0.5) is 0 Å². The molecular formula is C14H26N2O. The molecule has 17 heavy (non-hydrogen) atoms. The Kier molecular flexibility index (Phi) is 3.79. The van der Waals surface area contributed by atoms with Crippen LogP contribution in [0.15, 0.2) is 12.3 Å². The van der Waals surface area contributed by atoms with Gasteiger partial charge in [-0.3, -0.25) is 9.80 Å². The summed E-state index contributed by atoms with van der Waals surface area (Å²) in [4.78, 5) is 5.20. The fraction of sp³-hybridized carbons (Fsp3) is 0.857. The molecule has 2 aliphatic heterocycles. The maximum Gasteiger partial charge on any atom is 0.0903 e. The summed E-state index contributed by atoms with van der Waals surface area (Å²) in [5, 5.41) is 0. The zero-order valence-corrected chi connectivity index (χ0v) is 11.5. The molecule has 3 nitrogen and oxygen atoms in total. The Labute approximate surface area is 105 Å². The van der Waals surface area contributed by atoms with Gasteiger partial charge < -0.3 is 4.74 Å². The van der Waals surface area contributed by atoms with E-state index in [0.29, 0.717) is 11.6 Å². The minimum absolute atomic E-state index is 0.311. The number of piperazine rings is 1. The standard InChI is InChI=1S/C14H26N2O/c1-12-11-13(5-10-17-12)15-6-8-16(9-7-15)14(2,3)4/h13H,1,5-11H2,2-4H3. The lowest BCUT2D eigenvalue weighted by atomic mass is 10.0. The van der Waals surface area contributed by atoms with Gasteiger partial charge in [-0.1, -0.05) is 6.58 Å². The van der Waals surface area contributed by atoms with Crippen LogP contribution in [0.2, 0.25) is 0 Å². The number of hydrogen-bond donors (Lipinski definition) is 0. The molecule has 0 bridgehead atoms. The maximum atomic E-state index is 5.44. The Morgan fingerprint density at radius 3 is 2.35 bits per heavy atom. The topological polar surface area (TPSA) is 15.7 Å². The third-order valence-corrected chi connectivity index (χ3v) is 4.00. The molecule has 0 amide bonds. The van der Waals surface area contributed by atoms with Gasteiger partial charge >= 0.3 is 0 Å². The highest BCUT2D eigenvalue weighted by atomic mass is 16.5. The number of nitrogens with zero attached hydrogens (tertiary/aromatic N) is 2. The first-order chi connectivity index (χ1) is 7.97. The molecule has 2 rings (SSSR count). The highest BCUT2D eigenvalue weighted by molar-refractivity contribution is 4.94. The predicted octanol–water partition coefficient (Wildman–Crippen LogP) is 2.10. The van der Waals surface area contributed by atoms with Gasteiger partial charge in [-0.25, -0.2) is 0 Å². The second-order valence-electron chi connectivity index (χ2n) is 6.23. The number of hydrogen-bond acceptors (Lipinski definition) is 3. The van der Waals surface area contributed by atoms with Crippen molar-refractivity contribution in [3.05, 3.63) is 12.3 Å². The highest BCUT2D eigenvalue weighted by Crippen LogP contribution is 2.23. The first-order valence-corrected chi connectivity index (χ1v) is 6.76. The van der Waals surface area contributed by atoms with Gasteiger partial charge in [0.25, 0.3) is 0 Å². The van der Waals surface area contributed by atoms with Crippen molar-refractivity contribution < 1.29 is 4.74 Å². The molecule has 0 radical (unpaired) electrons. The van der Waals surface area contributed by atoms with Gasteiger partial charge in [-0.05, 0) is 27.2 Å². The fourth-order valence-electron chi connectivity index (χ4n) is 2.83. The van der Waals surface area contributed by atoms with Crippen molar-refractivity contribution in [2.24, 2.45) is 0 Å². The molecule has 0 aromatic heterocycles. The van der Waals surface area contributed by atoms with E-state index >= 15 is 0 Å². The van der Waals surface area contributed by atoms with Crippen LogP contribution in [0.3, 0.4) is 0 Å². The van der Waals surface area contributed by atoms with E-state index in [4.69, 9.17) is 4.74 Å². The summed E-state index contributed by atoms with van der Waals surface area (Å²) in [6.45, 7) is 16.5. The largest absolute Gasteiger partial charge is 0.498 e. The summed E-state index contributed by atoms with van der Waals surface area (Å²) in [6.07, 6.45) is 2.18. The van der Waals surface area contributed by atoms with Crippen molar-refractivity contribution >= 4 is 0 Å². The second-order valence-corrected chi connectivity index (χ2v) is 6.23. The molecule has 2 saturated heterocycles. The molecule has 1 atom stereocenters. The van der Waals surface area contributed by atoms with Gasteiger partial charge in [0.05, 0.1) is 12.4 Å². The van der Waals surface area contributed by atoms with E-state index in [1.54, 1.807) is 0 Å². The third-order valence-electron chi connectivity index (χ3n) is 4.00. The molecule has 0 aromatic rings. The smallest absolute Gasteiger partial charge is 0.0903 e. The van der Waals surface area contributed by atoms with Gasteiger partial charge in [-0.2, -0.15) is 0 Å². The monoisotopic (exact) mass is 238 g/mol. The van der Waals surface area contributed by atoms with Gasteiger partial charge in [-0.15, -0.1) is 0 Å². The molecule has 3 heteroatoms. The molecule has 2 heterocycles. The average molecular weight is 238 g/mol. The Morgan fingerprint density at radius 2 is 1.82 bits per heavy atom. The van der Waals surface area contributed by atoms with Crippen molar-refractivity contribution in [1.82, 2.24) is 9.80 Å². The van der Waals surface area contributed by atoms with Crippen LogP contribution in [0.25, 0.3) is 0 Å². The van der Waals surface area contributed by atoms with E-state index in [2.05, 4.69) is 37.1 Å². The SMILES string of the molecule is C=C1CC(N2CCN(C(C)(C)C)CC2)CCO1. The quantitative estimate of drug-likeness (QED) is 0.696. The van der Waals surface area contributed by atoms with Gasteiger partial charge in [0.2, 0.25) is 0 Å². The molecule has 0 saturated carbocycles. The molecule has 2 fully saturated rings. The average Bonchev–Trinajstić information content (AvgIpc) is 2.28. The Hall–Kier alpha value is -0.540. The summed E-state index contributed by atoms with van der Waals surface area (Å²) >= 11 is 0. The van der Waals surface area contributed by atoms with Crippen LogP contribution in [-0.4, -0.2) is 54.2 Å². The Balaban J connectivity index is 1.84. The summed E-state index contributed by atoms with van der Waals surface area (Å²) in [5.41, 5.74) is 0.311. The molecule has 0 aromatic carbocycles. The lowest BCUT2D eigenvalue weighted by Gasteiger charge is -2.45. The maximum absolute atomic E-state index is 5.44. The van der Waals surface area contributed by atoms with Crippen molar-refractivity contribution in [2.75, 3.05) is 32.8 Å². The van der Waals surface area contributed by atoms with Gasteiger partial charge in [0, 0.05) is 44.2 Å². The summed E-state index contributed by atoms with van der Waals surface area (Å²) in [5.74, 6) is 0.972. The Morgan fingerprint density at radius 1 is 1.18 bits per heavy atom. The first-order valence-electron chi connectivity index (χ1n) is 6.76. The van der Waals surface area contributed by atoms with Crippen molar-refractivity contribution in [3.8, 4) is 0 Å². The lowest BCUT2D eigenvalue weighted by Crippen LogP contribution is -2.56. The normalized spacial score (nSPS) is 29.1. The summed E-state index contributed by atoms with van der Waals surface area (Å²) < 4.78 is 5.44. The van der Waals surface area contributed by atoms with Crippen LogP contribution < -0.4 is 0 Å². The molecule has 98 valence electrons. The van der Waals surface area contributed by atoms with Crippen LogP contribution >= 0.6 is 0 Å². The molecule has 0 aliphatic carbocycles. The van der Waals surface area contributed by atoms with Crippen LogP contribution in [-0.2, 0) is 4.74 Å². The molecule has 0 N–H and O–H groups in total. The molecular weight excluding hydrogens is 212 g/mol. The van der Waals surface area contributed by atoms with E-state index in [1.165, 1.54) is 26.2 Å². The minimum Gasteiger partial charge on any atom is -0.498 e. The van der Waals surface area contributed by atoms with E-state index in [0.717, 1.165) is 25.2 Å². The molecule has 1 unspecified atom stereocenters. The van der Waals surface area contributed by atoms with Gasteiger partial charge in [0.15, 0.2) is 0 Å². The van der Waals surface area contributed by atoms with Crippen LogP contribution in [0.5, 0.6) is 0 Å². The summed E-state index contributed by atoms with van der Waals surface area (Å²) in [7, 11) is 0. The Bertz CT molecular complexity index is 274. The van der Waals surface area contributed by atoms with E-state index < -0.39 is 0 Å². The first kappa shape index (κ1) is 12.9. The van der Waals surface area contributed by atoms with Crippen molar-refractivity contribution in [1.29, 1.82) is 0 Å². The van der Waals surface area contributed by atoms with E-state index in [1.807, 2.05) is 0 Å². The summed E-state index contributed by atoms with van der Waals surface area (Å²) in [6, 6.07) is 0.665. The number of rotatable bonds is 1. The molecule has 2 aliphatic rings. The highest BCUT2D eigenvalue weighted by Gasteiger charge is 2.30. The third kappa shape index (κ3) is 3.23. The second kappa shape index (κ2) is 4.99. The predicted molar refractivity (Wildman–Crippen MR) is 71.0 cm³/mol. The van der Waals surface area contributed by atoms with Crippen molar-refractivity contribution in [2.45, 2.75) is 45.2 Å². The zero-order chi connectivity index (χ0) is 12.5. The molecule has 0 spiro atoms. The van der Waals surface area contributed by atoms with E-state index in [-0.39, 0.29) is 0 Å². The van der Waals surface area contributed by atoms with E-state index in [9.17, 15) is 0 Å². The fourth-order valence-corrected chi connectivity index (χ4v) is 2.83. The van der Waals surface area contributed by atoms with Crippen LogP contribution in [0.1, 0.15) is 33.6 Å². The minimum atomic E-state index is 0.311. The zero-order valence-electron chi connectivity index (χ0n) is 11.5. The lowest BCUT2D eigenvalue weighted by molar-refractivity contribution is 0.0174. The van der Waals surface area contributed by atoms with Crippen LogP contribution in [0, 0.1) is 0 Å².